The molecule has 17 heavy (non-hydrogen) atoms. The molecule has 0 bridgehead atoms. The molecule has 0 spiro atoms. The second-order valence-electron chi connectivity index (χ2n) is 3.46. The number of hydrogen-bond acceptors (Lipinski definition) is 4. The average molecular weight is 249 g/mol. The van der Waals surface area contributed by atoms with Crippen molar-refractivity contribution >= 4 is 17.7 Å². The van der Waals surface area contributed by atoms with Crippen LogP contribution in [0.25, 0.3) is 0 Å². The van der Waals surface area contributed by atoms with E-state index < -0.39 is 5.97 Å². The number of carboxylic acids is 1. The second-order valence-corrected chi connectivity index (χ2v) is 4.45. The number of rotatable bonds is 5. The predicted molar refractivity (Wildman–Crippen MR) is 64.9 cm³/mol. The Kier molecular flexibility index (Phi) is 3.82. The van der Waals surface area contributed by atoms with Crippen LogP contribution in [0.15, 0.2) is 40.9 Å². The van der Waals surface area contributed by atoms with Gasteiger partial charge in [0.15, 0.2) is 5.69 Å². The zero-order chi connectivity index (χ0) is 12.1. The van der Waals surface area contributed by atoms with Gasteiger partial charge >= 0.3 is 5.97 Å². The van der Waals surface area contributed by atoms with Gasteiger partial charge in [-0.2, -0.15) is 0 Å². The summed E-state index contributed by atoms with van der Waals surface area (Å²) in [5.74, 6) is 1.01. The zero-order valence-electron chi connectivity index (χ0n) is 9.00. The van der Waals surface area contributed by atoms with Crippen molar-refractivity contribution in [1.82, 2.24) is 5.16 Å². The number of carbonyl (C=O) groups is 1. The summed E-state index contributed by atoms with van der Waals surface area (Å²) >= 11 is 1.66. The molecule has 0 radical (unpaired) electrons. The van der Waals surface area contributed by atoms with Gasteiger partial charge in [-0.15, -0.1) is 11.8 Å². The van der Waals surface area contributed by atoms with Gasteiger partial charge in [0.25, 0.3) is 0 Å². The maximum atomic E-state index is 10.6. The minimum Gasteiger partial charge on any atom is -0.476 e. The van der Waals surface area contributed by atoms with Gasteiger partial charge in [-0.3, -0.25) is 0 Å². The quantitative estimate of drug-likeness (QED) is 0.882. The highest BCUT2D eigenvalue weighted by Crippen LogP contribution is 2.18. The zero-order valence-corrected chi connectivity index (χ0v) is 9.81. The molecule has 5 heteroatoms. The summed E-state index contributed by atoms with van der Waals surface area (Å²) < 4.78 is 4.91. The molecule has 0 aliphatic carbocycles. The van der Waals surface area contributed by atoms with E-state index in [1.165, 1.54) is 11.6 Å². The van der Waals surface area contributed by atoms with Crippen molar-refractivity contribution < 1.29 is 14.4 Å². The lowest BCUT2D eigenvalue weighted by Crippen LogP contribution is -1.94. The highest BCUT2D eigenvalue weighted by Gasteiger charge is 2.10. The molecule has 0 saturated heterocycles. The fourth-order valence-electron chi connectivity index (χ4n) is 1.33. The van der Waals surface area contributed by atoms with Gasteiger partial charge in [-0.05, 0) is 5.56 Å². The van der Waals surface area contributed by atoms with Crippen LogP contribution in [0.2, 0.25) is 0 Å². The predicted octanol–water partition coefficient (Wildman–Crippen LogP) is 2.81. The van der Waals surface area contributed by atoms with Gasteiger partial charge in [-0.1, -0.05) is 35.5 Å². The Labute approximate surface area is 103 Å². The average Bonchev–Trinajstić information content (AvgIpc) is 2.79. The SMILES string of the molecule is O=C(O)c1cc(CSCc2ccccc2)on1. The van der Waals surface area contributed by atoms with E-state index >= 15 is 0 Å². The highest BCUT2D eigenvalue weighted by atomic mass is 32.2. The molecule has 88 valence electrons. The molecule has 0 fully saturated rings. The van der Waals surface area contributed by atoms with Crippen molar-refractivity contribution in [3.63, 3.8) is 0 Å². The van der Waals surface area contributed by atoms with Crippen LogP contribution in [0.5, 0.6) is 0 Å². The normalized spacial score (nSPS) is 10.4. The number of aromatic nitrogens is 1. The van der Waals surface area contributed by atoms with Gasteiger partial charge in [0.1, 0.15) is 5.76 Å². The maximum absolute atomic E-state index is 10.6. The molecule has 0 aliphatic heterocycles. The molecule has 0 aliphatic rings. The molecule has 1 aromatic heterocycles. The van der Waals surface area contributed by atoms with Gasteiger partial charge < -0.3 is 9.63 Å². The minimum atomic E-state index is -1.06. The summed E-state index contributed by atoms with van der Waals surface area (Å²) in [5, 5.41) is 12.1. The third kappa shape index (κ3) is 3.35. The van der Waals surface area contributed by atoms with Crippen LogP contribution in [0.4, 0.5) is 0 Å². The highest BCUT2D eigenvalue weighted by molar-refractivity contribution is 7.97. The number of carboxylic acid groups (broad SMARTS) is 1. The molecule has 0 unspecified atom stereocenters. The van der Waals surface area contributed by atoms with Crippen molar-refractivity contribution in [2.75, 3.05) is 0 Å². The molecule has 2 rings (SSSR count). The molecule has 2 aromatic rings. The van der Waals surface area contributed by atoms with Crippen molar-refractivity contribution in [3.8, 4) is 0 Å². The van der Waals surface area contributed by atoms with E-state index in [0.29, 0.717) is 11.5 Å². The molecule has 1 heterocycles. The summed E-state index contributed by atoms with van der Waals surface area (Å²) in [5.41, 5.74) is 1.19. The van der Waals surface area contributed by atoms with E-state index in [9.17, 15) is 4.79 Å². The first-order valence-corrected chi connectivity index (χ1v) is 6.22. The minimum absolute atomic E-state index is 0.0414. The first-order chi connectivity index (χ1) is 8.25. The number of thioether (sulfide) groups is 1. The van der Waals surface area contributed by atoms with Crippen LogP contribution in [-0.4, -0.2) is 16.2 Å². The first-order valence-electron chi connectivity index (χ1n) is 5.06. The fourth-order valence-corrected chi connectivity index (χ4v) is 2.19. The molecule has 1 aromatic carbocycles. The number of aromatic carboxylic acids is 1. The summed E-state index contributed by atoms with van der Waals surface area (Å²) in [4.78, 5) is 10.6. The lowest BCUT2D eigenvalue weighted by Gasteiger charge is -1.98. The van der Waals surface area contributed by atoms with Crippen molar-refractivity contribution in [2.24, 2.45) is 0 Å². The third-order valence-corrected chi connectivity index (χ3v) is 3.16. The second kappa shape index (κ2) is 5.54. The van der Waals surface area contributed by atoms with Crippen LogP contribution in [-0.2, 0) is 11.5 Å². The molecular weight excluding hydrogens is 238 g/mol. The molecule has 0 atom stereocenters. The fraction of sp³-hybridized carbons (Fsp3) is 0.167. The standard InChI is InChI=1S/C12H11NO3S/c14-12(15)11-6-10(16-13-11)8-17-7-9-4-2-1-3-5-9/h1-6H,7-8H2,(H,14,15). The number of nitrogens with zero attached hydrogens (tertiary/aromatic N) is 1. The maximum Gasteiger partial charge on any atom is 0.358 e. The van der Waals surface area contributed by atoms with E-state index in [2.05, 4.69) is 17.3 Å². The summed E-state index contributed by atoms with van der Waals surface area (Å²) in [6, 6.07) is 11.5. The van der Waals surface area contributed by atoms with E-state index in [4.69, 9.17) is 9.63 Å². The van der Waals surface area contributed by atoms with Crippen LogP contribution < -0.4 is 0 Å². The van der Waals surface area contributed by atoms with Crippen molar-refractivity contribution in [2.45, 2.75) is 11.5 Å². The smallest absolute Gasteiger partial charge is 0.358 e. The molecule has 0 amide bonds. The van der Waals surface area contributed by atoms with E-state index in [0.717, 1.165) is 5.75 Å². The van der Waals surface area contributed by atoms with Gasteiger partial charge in [0, 0.05) is 11.8 Å². The van der Waals surface area contributed by atoms with Gasteiger partial charge in [-0.25, -0.2) is 4.79 Å². The number of benzene rings is 1. The van der Waals surface area contributed by atoms with Gasteiger partial charge in [0.05, 0.1) is 5.75 Å². The van der Waals surface area contributed by atoms with Crippen molar-refractivity contribution in [1.29, 1.82) is 0 Å². The summed E-state index contributed by atoms with van der Waals surface area (Å²) in [6.07, 6.45) is 0. The summed E-state index contributed by atoms with van der Waals surface area (Å²) in [6.45, 7) is 0. The molecule has 4 nitrogen and oxygen atoms in total. The van der Waals surface area contributed by atoms with Crippen LogP contribution in [0.1, 0.15) is 21.8 Å². The largest absolute Gasteiger partial charge is 0.476 e. The monoisotopic (exact) mass is 249 g/mol. The van der Waals surface area contributed by atoms with Crippen molar-refractivity contribution in [3.05, 3.63) is 53.4 Å². The van der Waals surface area contributed by atoms with E-state index in [-0.39, 0.29) is 5.69 Å². The van der Waals surface area contributed by atoms with Gasteiger partial charge in [0.2, 0.25) is 0 Å². The Morgan fingerprint density at radius 2 is 2.06 bits per heavy atom. The number of hydrogen-bond donors (Lipinski definition) is 1. The first kappa shape index (κ1) is 11.7. The van der Waals surface area contributed by atoms with E-state index in [1.54, 1.807) is 11.8 Å². The molecule has 0 saturated carbocycles. The molecular formula is C12H11NO3S. The third-order valence-electron chi connectivity index (χ3n) is 2.13. The lowest BCUT2D eigenvalue weighted by atomic mass is 10.2. The lowest BCUT2D eigenvalue weighted by molar-refractivity contribution is 0.0685. The van der Waals surface area contributed by atoms with E-state index in [1.807, 2.05) is 18.2 Å². The Hall–Kier alpha value is -1.75. The van der Waals surface area contributed by atoms with Crippen LogP contribution in [0, 0.1) is 0 Å². The Morgan fingerprint density at radius 1 is 1.29 bits per heavy atom. The van der Waals surface area contributed by atoms with Crippen LogP contribution in [0.3, 0.4) is 0 Å². The summed E-state index contributed by atoms with van der Waals surface area (Å²) in [7, 11) is 0. The van der Waals surface area contributed by atoms with Crippen LogP contribution >= 0.6 is 11.8 Å². The Balaban J connectivity index is 1.84. The molecule has 1 N–H and O–H groups in total. The topological polar surface area (TPSA) is 63.3 Å². The Bertz CT molecular complexity index is 495. The Morgan fingerprint density at radius 3 is 2.71 bits per heavy atom.